The quantitative estimate of drug-likeness (QED) is 0.815. The average Bonchev–Trinajstić information content (AvgIpc) is 2.63. The van der Waals surface area contributed by atoms with Crippen LogP contribution in [0, 0.1) is 0 Å². The number of para-hydroxylation sites is 1. The van der Waals surface area contributed by atoms with E-state index in [1.807, 2.05) is 12.1 Å². The first-order valence-electron chi connectivity index (χ1n) is 8.72. The minimum atomic E-state index is -3.39. The molecular weight excluding hydrogens is 388 g/mol. The molecular formula is C19H23ClN2O4S. The number of hydrogen-bond acceptors (Lipinski definition) is 6. The predicted molar refractivity (Wildman–Crippen MR) is 104 cm³/mol. The molecule has 2 aromatic rings. The summed E-state index contributed by atoms with van der Waals surface area (Å²) in [6, 6.07) is 6.95. The zero-order valence-electron chi connectivity index (χ0n) is 15.4. The van der Waals surface area contributed by atoms with Crippen LogP contribution in [0.5, 0.6) is 11.5 Å². The van der Waals surface area contributed by atoms with Crippen molar-refractivity contribution >= 4 is 21.4 Å². The number of aromatic hydroxyl groups is 1. The van der Waals surface area contributed by atoms with Gasteiger partial charge in [0.1, 0.15) is 0 Å². The molecule has 0 bridgehead atoms. The number of aromatic nitrogens is 1. The topological polar surface area (TPSA) is 79.7 Å². The second kappa shape index (κ2) is 8.04. The number of likely N-dealkylation sites (tertiary alicyclic amines) is 1. The number of phenols is 1. The molecule has 27 heavy (non-hydrogen) atoms. The largest absolute Gasteiger partial charge is 0.504 e. The first-order valence-corrected chi connectivity index (χ1v) is 11.0. The minimum Gasteiger partial charge on any atom is -0.504 e. The number of pyridine rings is 1. The monoisotopic (exact) mass is 410 g/mol. The Morgan fingerprint density at radius 2 is 2.04 bits per heavy atom. The van der Waals surface area contributed by atoms with Gasteiger partial charge in [-0.2, -0.15) is 0 Å². The van der Waals surface area contributed by atoms with Crippen molar-refractivity contribution in [3.8, 4) is 11.5 Å². The zero-order chi connectivity index (χ0) is 19.6. The first kappa shape index (κ1) is 19.9. The summed E-state index contributed by atoms with van der Waals surface area (Å²) in [5, 5.41) is 10.6. The van der Waals surface area contributed by atoms with Gasteiger partial charge in [0.2, 0.25) is 0 Å². The third-order valence-electron chi connectivity index (χ3n) is 4.92. The van der Waals surface area contributed by atoms with E-state index >= 15 is 0 Å². The highest BCUT2D eigenvalue weighted by Crippen LogP contribution is 2.34. The highest BCUT2D eigenvalue weighted by atomic mass is 35.5. The fourth-order valence-electron chi connectivity index (χ4n) is 3.50. The summed E-state index contributed by atoms with van der Waals surface area (Å²) >= 11 is 5.95. The number of rotatable bonds is 5. The van der Waals surface area contributed by atoms with Crippen molar-refractivity contribution in [1.29, 1.82) is 0 Å². The molecule has 0 amide bonds. The van der Waals surface area contributed by atoms with Crippen LogP contribution >= 0.6 is 11.6 Å². The molecule has 1 saturated heterocycles. The van der Waals surface area contributed by atoms with E-state index in [1.54, 1.807) is 6.07 Å². The average molecular weight is 411 g/mol. The van der Waals surface area contributed by atoms with Crippen LogP contribution in [0.3, 0.4) is 0 Å². The van der Waals surface area contributed by atoms with Crippen molar-refractivity contribution in [3.63, 3.8) is 0 Å². The molecule has 0 saturated carbocycles. The van der Waals surface area contributed by atoms with E-state index in [4.69, 9.17) is 16.3 Å². The molecule has 1 aliphatic heterocycles. The smallest absolute Gasteiger partial charge is 0.177 e. The highest BCUT2D eigenvalue weighted by molar-refractivity contribution is 7.90. The predicted octanol–water partition coefficient (Wildman–Crippen LogP) is 3.23. The van der Waals surface area contributed by atoms with Crippen molar-refractivity contribution < 1.29 is 18.3 Å². The number of phenolic OH excluding ortho intramolecular Hbond substituents is 1. The molecule has 8 heteroatoms. The number of benzene rings is 1. The number of piperidine rings is 1. The Morgan fingerprint density at radius 3 is 2.67 bits per heavy atom. The van der Waals surface area contributed by atoms with E-state index in [2.05, 4.69) is 9.88 Å². The maximum Gasteiger partial charge on any atom is 0.177 e. The number of sulfone groups is 1. The summed E-state index contributed by atoms with van der Waals surface area (Å²) in [7, 11) is -1.86. The Balaban J connectivity index is 1.72. The van der Waals surface area contributed by atoms with E-state index in [1.165, 1.54) is 25.6 Å². The zero-order valence-corrected chi connectivity index (χ0v) is 16.9. The highest BCUT2D eigenvalue weighted by Gasteiger charge is 2.27. The molecule has 2 heterocycles. The molecule has 0 radical (unpaired) electrons. The number of nitrogens with zero attached hydrogens (tertiary/aromatic N) is 2. The maximum atomic E-state index is 12.1. The molecule has 1 N–H and O–H groups in total. The van der Waals surface area contributed by atoms with Crippen LogP contribution in [0.15, 0.2) is 35.4 Å². The van der Waals surface area contributed by atoms with Gasteiger partial charge in [-0.3, -0.25) is 9.88 Å². The third-order valence-corrected chi connectivity index (χ3v) is 6.25. The molecule has 1 aromatic carbocycles. The molecule has 0 unspecified atom stereocenters. The van der Waals surface area contributed by atoms with Crippen molar-refractivity contribution in [1.82, 2.24) is 9.88 Å². The van der Waals surface area contributed by atoms with Crippen LogP contribution in [0.4, 0.5) is 0 Å². The van der Waals surface area contributed by atoms with E-state index in [9.17, 15) is 13.5 Å². The van der Waals surface area contributed by atoms with Crippen molar-refractivity contribution in [2.24, 2.45) is 0 Å². The van der Waals surface area contributed by atoms with Gasteiger partial charge in [-0.05, 0) is 38.1 Å². The number of hydrogen-bond donors (Lipinski definition) is 1. The Bertz CT molecular complexity index is 925. The van der Waals surface area contributed by atoms with Gasteiger partial charge in [-0.15, -0.1) is 0 Å². The molecule has 1 aliphatic rings. The van der Waals surface area contributed by atoms with Gasteiger partial charge >= 0.3 is 0 Å². The lowest BCUT2D eigenvalue weighted by molar-refractivity contribution is 0.200. The van der Waals surface area contributed by atoms with Gasteiger partial charge < -0.3 is 9.84 Å². The maximum absolute atomic E-state index is 12.1. The molecule has 6 nitrogen and oxygen atoms in total. The SMILES string of the molecule is COc1cccc(CN2CCC(c3ncc(Cl)cc3S(C)(=O)=O)CC2)c1O. The number of ether oxygens (including phenoxy) is 1. The lowest BCUT2D eigenvalue weighted by atomic mass is 9.92. The molecule has 3 rings (SSSR count). The van der Waals surface area contributed by atoms with Crippen molar-refractivity contribution in [2.75, 3.05) is 26.5 Å². The Kier molecular flexibility index (Phi) is 5.93. The fraction of sp³-hybridized carbons (Fsp3) is 0.421. The first-order chi connectivity index (χ1) is 12.8. The summed E-state index contributed by atoms with van der Waals surface area (Å²) in [4.78, 5) is 6.79. The van der Waals surface area contributed by atoms with E-state index < -0.39 is 9.84 Å². The van der Waals surface area contributed by atoms with Crippen LogP contribution < -0.4 is 4.74 Å². The molecule has 1 aromatic heterocycles. The van der Waals surface area contributed by atoms with E-state index in [0.29, 0.717) is 23.0 Å². The Hall–Kier alpha value is -1.83. The fourth-order valence-corrected chi connectivity index (χ4v) is 4.66. The van der Waals surface area contributed by atoms with Gasteiger partial charge in [0.15, 0.2) is 21.3 Å². The third kappa shape index (κ3) is 4.54. The van der Waals surface area contributed by atoms with E-state index in [-0.39, 0.29) is 16.6 Å². The van der Waals surface area contributed by atoms with Crippen molar-refractivity contribution in [3.05, 3.63) is 46.7 Å². The Morgan fingerprint density at radius 1 is 1.33 bits per heavy atom. The molecule has 146 valence electrons. The second-order valence-corrected chi connectivity index (χ2v) is 9.25. The summed E-state index contributed by atoms with van der Waals surface area (Å²) in [5.41, 5.74) is 1.42. The van der Waals surface area contributed by atoms with Crippen LogP contribution in [-0.2, 0) is 16.4 Å². The van der Waals surface area contributed by atoms with Crippen LogP contribution in [-0.4, -0.2) is 49.9 Å². The molecule has 0 spiro atoms. The van der Waals surface area contributed by atoms with Crippen LogP contribution in [0.1, 0.15) is 30.0 Å². The van der Waals surface area contributed by atoms with Crippen LogP contribution in [0.2, 0.25) is 5.02 Å². The normalized spacial score (nSPS) is 16.4. The Labute approximate surface area is 164 Å². The minimum absolute atomic E-state index is 0.0714. The van der Waals surface area contributed by atoms with Gasteiger partial charge in [0.25, 0.3) is 0 Å². The molecule has 0 atom stereocenters. The van der Waals surface area contributed by atoms with Gasteiger partial charge in [-0.1, -0.05) is 23.7 Å². The number of methoxy groups -OCH3 is 1. The lowest BCUT2D eigenvalue weighted by Crippen LogP contribution is -2.33. The van der Waals surface area contributed by atoms with Gasteiger partial charge in [0, 0.05) is 30.5 Å². The lowest BCUT2D eigenvalue weighted by Gasteiger charge is -2.32. The van der Waals surface area contributed by atoms with Crippen LogP contribution in [0.25, 0.3) is 0 Å². The summed E-state index contributed by atoms with van der Waals surface area (Å²) < 4.78 is 29.4. The van der Waals surface area contributed by atoms with Gasteiger partial charge in [0.05, 0.1) is 22.7 Å². The van der Waals surface area contributed by atoms with E-state index in [0.717, 1.165) is 31.5 Å². The summed E-state index contributed by atoms with van der Waals surface area (Å²) in [6.07, 6.45) is 4.28. The summed E-state index contributed by atoms with van der Waals surface area (Å²) in [6.45, 7) is 2.19. The van der Waals surface area contributed by atoms with Crippen molar-refractivity contribution in [2.45, 2.75) is 30.2 Å². The molecule has 1 fully saturated rings. The standard InChI is InChI=1S/C19H23ClN2O4S/c1-26-16-5-3-4-14(19(16)23)12-22-8-6-13(7-9-22)18-17(27(2,24)25)10-15(20)11-21-18/h3-5,10-11,13,23H,6-9,12H2,1-2H3. The number of halogens is 1. The summed E-state index contributed by atoms with van der Waals surface area (Å²) in [5.74, 6) is 0.702. The second-order valence-electron chi connectivity index (χ2n) is 6.83. The van der Waals surface area contributed by atoms with Gasteiger partial charge in [-0.25, -0.2) is 8.42 Å². The molecule has 0 aliphatic carbocycles.